The highest BCUT2D eigenvalue weighted by atomic mass is 15.2. The molecule has 6 aromatic rings. The Labute approximate surface area is 289 Å². The van der Waals surface area contributed by atoms with Crippen molar-refractivity contribution >= 4 is 57.2 Å². The summed E-state index contributed by atoms with van der Waals surface area (Å²) in [5, 5.41) is 0. The second kappa shape index (κ2) is 9.57. The van der Waals surface area contributed by atoms with Gasteiger partial charge in [0.15, 0.2) is 0 Å². The summed E-state index contributed by atoms with van der Waals surface area (Å²) in [6.45, 7) is 0.228. The molecule has 0 atom stereocenters. The lowest BCUT2D eigenvalue weighted by molar-refractivity contribution is -0.0412. The summed E-state index contributed by atoms with van der Waals surface area (Å²) in [5.74, 6) is 3.26. The number of rotatable bonds is 3. The molecule has 234 valence electrons. The molecule has 6 aromatic carbocycles. The monoisotopic (exact) mass is 628 g/mol. The van der Waals surface area contributed by atoms with Crippen LogP contribution in [0.2, 0.25) is 0 Å². The third-order valence-corrected chi connectivity index (χ3v) is 13.6. The fourth-order valence-electron chi connectivity index (χ4n) is 12.3. The van der Waals surface area contributed by atoms with Gasteiger partial charge in [0, 0.05) is 39.5 Å². The molecule has 4 fully saturated rings. The van der Waals surface area contributed by atoms with Gasteiger partial charge < -0.3 is 9.80 Å². The van der Waals surface area contributed by atoms with Crippen molar-refractivity contribution in [3.05, 3.63) is 151 Å². The summed E-state index contributed by atoms with van der Waals surface area (Å²) >= 11 is 0. The summed E-state index contributed by atoms with van der Waals surface area (Å²) in [4.78, 5) is 5.20. The lowest BCUT2D eigenvalue weighted by atomic mass is 9.25. The molecule has 4 saturated carbocycles. The van der Waals surface area contributed by atoms with E-state index in [4.69, 9.17) is 0 Å². The maximum absolute atomic E-state index is 2.61. The minimum Gasteiger partial charge on any atom is -0.311 e. The van der Waals surface area contributed by atoms with Gasteiger partial charge in [-0.25, -0.2) is 0 Å². The molecular formula is C46H37BN2. The second-order valence-corrected chi connectivity index (χ2v) is 15.7. The van der Waals surface area contributed by atoms with E-state index in [1.807, 2.05) is 0 Å². The van der Waals surface area contributed by atoms with Gasteiger partial charge >= 0.3 is 0 Å². The van der Waals surface area contributed by atoms with Crippen LogP contribution >= 0.6 is 0 Å². The molecule has 3 heterocycles. The molecule has 2 nitrogen and oxygen atoms in total. The van der Waals surface area contributed by atoms with E-state index in [9.17, 15) is 0 Å². The highest BCUT2D eigenvalue weighted by Gasteiger charge is 2.63. The number of nitrogens with zero attached hydrogens (tertiary/aromatic N) is 2. The van der Waals surface area contributed by atoms with Crippen LogP contribution in [-0.4, -0.2) is 6.71 Å². The third-order valence-electron chi connectivity index (χ3n) is 13.6. The van der Waals surface area contributed by atoms with Gasteiger partial charge in [-0.3, -0.25) is 0 Å². The Morgan fingerprint density at radius 2 is 0.857 bits per heavy atom. The molecule has 0 saturated heterocycles. The lowest BCUT2D eigenvalue weighted by Crippen LogP contribution is -2.71. The van der Waals surface area contributed by atoms with Crippen LogP contribution in [0, 0.1) is 23.7 Å². The number of hydrogen-bond acceptors (Lipinski definition) is 2. The van der Waals surface area contributed by atoms with E-state index < -0.39 is 0 Å². The van der Waals surface area contributed by atoms with E-state index in [2.05, 4.69) is 149 Å². The zero-order valence-corrected chi connectivity index (χ0v) is 27.6. The number of hydrogen-bond donors (Lipinski definition) is 0. The van der Waals surface area contributed by atoms with Gasteiger partial charge in [0.05, 0.1) is 0 Å². The molecule has 0 unspecified atom stereocenters. The largest absolute Gasteiger partial charge is 0.311 e. The molecule has 0 aromatic heterocycles. The van der Waals surface area contributed by atoms with E-state index >= 15 is 0 Å². The average molecular weight is 629 g/mol. The third kappa shape index (κ3) is 3.34. The van der Waals surface area contributed by atoms with Crippen molar-refractivity contribution in [2.45, 2.75) is 37.5 Å². The minimum absolute atomic E-state index is 0.0790. The van der Waals surface area contributed by atoms with Gasteiger partial charge in [-0.05, 0) is 143 Å². The van der Waals surface area contributed by atoms with Crippen LogP contribution in [0.4, 0.5) is 34.1 Å². The molecule has 3 aliphatic heterocycles. The van der Waals surface area contributed by atoms with Gasteiger partial charge in [0.1, 0.15) is 0 Å². The number of para-hydroxylation sites is 1. The Morgan fingerprint density at radius 1 is 0.408 bits per heavy atom. The molecule has 1 spiro atoms. The SMILES string of the molecule is c1ccc(-c2ccc(N3c4cccc5c4B4c6c(cccc6C6(c7cccc3c74)C3CC4CC(C3)CC6C4)N5c3ccccc3)cc2)cc1. The molecule has 3 heteroatoms. The van der Waals surface area contributed by atoms with Crippen molar-refractivity contribution in [3.63, 3.8) is 0 Å². The summed E-state index contributed by atoms with van der Waals surface area (Å²) < 4.78 is 0. The minimum atomic E-state index is 0.0790. The quantitative estimate of drug-likeness (QED) is 0.180. The van der Waals surface area contributed by atoms with E-state index in [-0.39, 0.29) is 12.1 Å². The first-order valence-corrected chi connectivity index (χ1v) is 18.5. The maximum Gasteiger partial charge on any atom is 0.252 e. The van der Waals surface area contributed by atoms with Crippen LogP contribution in [0.25, 0.3) is 11.1 Å². The standard InChI is InChI=1S/C46H37BN2/c1-3-10-31(11-4-1)32-20-22-36(23-21-32)49-40-17-8-15-38-44(40)47-43-37(46(38)33-25-29-24-30(27-33)28-34(46)26-29)14-7-16-39(43)48(35-12-5-2-6-13-35)41-18-9-19-42(49)45(41)47/h1-23,29-30,33-34H,24-28H2. The Balaban J connectivity index is 1.17. The van der Waals surface area contributed by atoms with Crippen LogP contribution in [0.5, 0.6) is 0 Å². The number of benzene rings is 6. The van der Waals surface area contributed by atoms with E-state index in [0.29, 0.717) is 11.8 Å². The van der Waals surface area contributed by atoms with Gasteiger partial charge in [-0.15, -0.1) is 0 Å². The first-order valence-electron chi connectivity index (χ1n) is 18.5. The molecule has 4 bridgehead atoms. The van der Waals surface area contributed by atoms with E-state index in [1.54, 1.807) is 22.1 Å². The Bertz CT molecular complexity index is 2280. The van der Waals surface area contributed by atoms with Gasteiger partial charge in [0.25, 0.3) is 6.71 Å². The predicted molar refractivity (Wildman–Crippen MR) is 204 cm³/mol. The van der Waals surface area contributed by atoms with E-state index in [1.165, 1.54) is 82.8 Å². The van der Waals surface area contributed by atoms with Crippen LogP contribution < -0.4 is 26.2 Å². The van der Waals surface area contributed by atoms with Crippen molar-refractivity contribution in [2.75, 3.05) is 9.80 Å². The topological polar surface area (TPSA) is 6.48 Å². The molecule has 4 aliphatic carbocycles. The lowest BCUT2D eigenvalue weighted by Gasteiger charge is -2.65. The van der Waals surface area contributed by atoms with Crippen LogP contribution in [0.3, 0.4) is 0 Å². The highest BCUT2D eigenvalue weighted by molar-refractivity contribution is 7.01. The molecule has 13 rings (SSSR count). The van der Waals surface area contributed by atoms with Crippen molar-refractivity contribution in [2.24, 2.45) is 23.7 Å². The van der Waals surface area contributed by atoms with Crippen LogP contribution in [0.1, 0.15) is 43.2 Å². The molecule has 0 N–H and O–H groups in total. The Morgan fingerprint density at radius 3 is 1.41 bits per heavy atom. The molecule has 0 radical (unpaired) electrons. The smallest absolute Gasteiger partial charge is 0.252 e. The summed E-state index contributed by atoms with van der Waals surface area (Å²) in [5.41, 5.74) is 18.4. The highest BCUT2D eigenvalue weighted by Crippen LogP contribution is 2.66. The zero-order chi connectivity index (χ0) is 31.8. The first kappa shape index (κ1) is 26.9. The molecule has 0 amide bonds. The molecule has 49 heavy (non-hydrogen) atoms. The van der Waals surface area contributed by atoms with Crippen molar-refractivity contribution < 1.29 is 0 Å². The normalized spacial score (nSPS) is 25.9. The fraction of sp³-hybridized carbons (Fsp3) is 0.217. The summed E-state index contributed by atoms with van der Waals surface area (Å²) in [7, 11) is 0. The molecular weight excluding hydrogens is 591 g/mol. The van der Waals surface area contributed by atoms with Crippen LogP contribution in [-0.2, 0) is 5.41 Å². The van der Waals surface area contributed by atoms with Gasteiger partial charge in [-0.2, -0.15) is 0 Å². The van der Waals surface area contributed by atoms with Crippen molar-refractivity contribution in [1.29, 1.82) is 0 Å². The maximum atomic E-state index is 2.61. The fourth-order valence-corrected chi connectivity index (χ4v) is 12.3. The summed E-state index contributed by atoms with van der Waals surface area (Å²) in [6, 6.07) is 53.0. The van der Waals surface area contributed by atoms with Gasteiger partial charge in [-0.1, -0.05) is 91.0 Å². The average Bonchev–Trinajstić information content (AvgIpc) is 3.15. The van der Waals surface area contributed by atoms with Gasteiger partial charge in [0.2, 0.25) is 0 Å². The Hall–Kier alpha value is -5.02. The van der Waals surface area contributed by atoms with Crippen molar-refractivity contribution in [3.8, 4) is 11.1 Å². The Kier molecular flexibility index (Phi) is 5.25. The van der Waals surface area contributed by atoms with Crippen LogP contribution in [0.15, 0.2) is 140 Å². The second-order valence-electron chi connectivity index (χ2n) is 15.7. The van der Waals surface area contributed by atoms with Crippen molar-refractivity contribution in [1.82, 2.24) is 0 Å². The zero-order valence-electron chi connectivity index (χ0n) is 27.6. The molecule has 7 aliphatic rings. The predicted octanol–water partition coefficient (Wildman–Crippen LogP) is 9.49. The van der Waals surface area contributed by atoms with E-state index in [0.717, 1.165) is 11.8 Å². The first-order chi connectivity index (χ1) is 24.3. The summed E-state index contributed by atoms with van der Waals surface area (Å²) in [6.07, 6.45) is 7.02. The number of anilines is 6.